The molecule has 0 unspecified atom stereocenters. The topological polar surface area (TPSA) is 47.6 Å². The van der Waals surface area contributed by atoms with Crippen LogP contribution in [0.25, 0.3) is 0 Å². The molecule has 1 aliphatic carbocycles. The molecule has 1 fully saturated rings. The largest absolute Gasteiger partial charge is 0.350 e. The second-order valence-electron chi connectivity index (χ2n) is 5.84. The molecular formula is C17H28NO3P. The minimum Gasteiger partial charge on any atom is -0.308 e. The molecule has 3 atom stereocenters. The zero-order valence-corrected chi connectivity index (χ0v) is 14.9. The first-order valence-corrected chi connectivity index (χ1v) is 9.79. The Hall–Kier alpha value is -0.670. The summed E-state index contributed by atoms with van der Waals surface area (Å²) in [7, 11) is -3.17. The van der Waals surface area contributed by atoms with Crippen molar-refractivity contribution in [3.05, 3.63) is 35.9 Å². The van der Waals surface area contributed by atoms with Crippen molar-refractivity contribution in [1.29, 1.82) is 0 Å². The van der Waals surface area contributed by atoms with Crippen LogP contribution in [0.4, 0.5) is 0 Å². The second kappa shape index (κ2) is 7.27. The maximum Gasteiger partial charge on any atom is 0.350 e. The van der Waals surface area contributed by atoms with Crippen LogP contribution in [0.5, 0.6) is 0 Å². The molecule has 1 aromatic carbocycles. The molecule has 0 radical (unpaired) electrons. The van der Waals surface area contributed by atoms with Crippen LogP contribution in [-0.4, -0.2) is 18.5 Å². The molecular weight excluding hydrogens is 297 g/mol. The molecule has 1 aliphatic rings. The first kappa shape index (κ1) is 17.7. The molecule has 0 aromatic heterocycles. The van der Waals surface area contributed by atoms with Gasteiger partial charge in [0.05, 0.1) is 13.2 Å². The molecule has 1 aromatic rings. The second-order valence-corrected chi connectivity index (χ2v) is 8.15. The van der Waals surface area contributed by atoms with Crippen molar-refractivity contribution in [2.75, 3.05) is 13.2 Å². The van der Waals surface area contributed by atoms with Crippen LogP contribution in [-0.2, 0) is 13.6 Å². The smallest absolute Gasteiger partial charge is 0.308 e. The predicted octanol–water partition coefficient (Wildman–Crippen LogP) is 4.73. The van der Waals surface area contributed by atoms with Crippen LogP contribution < -0.4 is 5.32 Å². The highest BCUT2D eigenvalue weighted by molar-refractivity contribution is 7.56. The molecule has 2 rings (SSSR count). The van der Waals surface area contributed by atoms with Gasteiger partial charge in [-0.15, -0.1) is 0 Å². The minimum absolute atomic E-state index is 0.104. The monoisotopic (exact) mass is 325 g/mol. The average molecular weight is 325 g/mol. The average Bonchev–Trinajstić information content (AvgIpc) is 3.24. The Morgan fingerprint density at radius 2 is 1.82 bits per heavy atom. The Morgan fingerprint density at radius 3 is 2.27 bits per heavy atom. The highest BCUT2D eigenvalue weighted by Gasteiger charge is 2.67. The fourth-order valence-electron chi connectivity index (χ4n) is 3.20. The van der Waals surface area contributed by atoms with Crippen LogP contribution in [0.15, 0.2) is 30.3 Å². The molecule has 0 bridgehead atoms. The van der Waals surface area contributed by atoms with Crippen molar-refractivity contribution in [2.24, 2.45) is 5.92 Å². The van der Waals surface area contributed by atoms with Gasteiger partial charge in [0.2, 0.25) is 0 Å². The Morgan fingerprint density at radius 1 is 1.23 bits per heavy atom. The van der Waals surface area contributed by atoms with Crippen LogP contribution in [0, 0.1) is 5.92 Å². The Kier molecular flexibility index (Phi) is 5.84. The van der Waals surface area contributed by atoms with E-state index in [0.29, 0.717) is 19.1 Å². The van der Waals surface area contributed by atoms with Gasteiger partial charge in [0, 0.05) is 6.04 Å². The molecule has 0 amide bonds. The van der Waals surface area contributed by atoms with E-state index in [1.165, 1.54) is 5.56 Å². The van der Waals surface area contributed by atoms with Gasteiger partial charge in [0.15, 0.2) is 0 Å². The van der Waals surface area contributed by atoms with E-state index in [4.69, 9.17) is 9.05 Å². The summed E-state index contributed by atoms with van der Waals surface area (Å²) in [5, 5.41) is 3.04. The summed E-state index contributed by atoms with van der Waals surface area (Å²) in [6.45, 7) is 8.76. The van der Waals surface area contributed by atoms with Crippen LogP contribution in [0.2, 0.25) is 0 Å². The third-order valence-corrected chi connectivity index (χ3v) is 7.27. The van der Waals surface area contributed by atoms with E-state index < -0.39 is 12.9 Å². The maximum atomic E-state index is 13.3. The number of nitrogens with one attached hydrogen (secondary N) is 1. The molecule has 22 heavy (non-hydrogen) atoms. The summed E-state index contributed by atoms with van der Waals surface area (Å²) in [4.78, 5) is 0. The van der Waals surface area contributed by atoms with Crippen molar-refractivity contribution in [2.45, 2.75) is 51.9 Å². The highest BCUT2D eigenvalue weighted by atomic mass is 31.2. The third kappa shape index (κ3) is 3.30. The first-order valence-electron chi connectivity index (χ1n) is 8.24. The Bertz CT molecular complexity index is 512. The lowest BCUT2D eigenvalue weighted by Gasteiger charge is -2.31. The van der Waals surface area contributed by atoms with Gasteiger partial charge in [-0.2, -0.15) is 0 Å². The quantitative estimate of drug-likeness (QED) is 0.667. The standard InChI is InChI=1S/C17H28NO3P/c1-5-16-13-17(16,22(19,20-6-2)21-7-3)18-14(4)15-11-9-8-10-12-15/h8-12,14,16,18H,5-7,13H2,1-4H3/t14-,16-,17-/m0/s1. The van der Waals surface area contributed by atoms with E-state index in [1.54, 1.807) is 0 Å². The van der Waals surface area contributed by atoms with Crippen LogP contribution in [0.1, 0.15) is 52.1 Å². The molecule has 1 saturated carbocycles. The Balaban J connectivity index is 2.23. The van der Waals surface area contributed by atoms with Crippen molar-refractivity contribution in [3.63, 3.8) is 0 Å². The lowest BCUT2D eigenvalue weighted by molar-refractivity contribution is 0.198. The van der Waals surface area contributed by atoms with E-state index in [1.807, 2.05) is 32.0 Å². The summed E-state index contributed by atoms with van der Waals surface area (Å²) in [5.41, 5.74) is 1.18. The highest BCUT2D eigenvalue weighted by Crippen LogP contribution is 2.73. The van der Waals surface area contributed by atoms with Crippen molar-refractivity contribution in [3.8, 4) is 0 Å². The number of rotatable bonds is 9. The van der Waals surface area contributed by atoms with Gasteiger partial charge in [-0.1, -0.05) is 43.7 Å². The van der Waals surface area contributed by atoms with E-state index >= 15 is 0 Å². The fourth-order valence-corrected chi connectivity index (χ4v) is 5.84. The molecule has 0 saturated heterocycles. The summed E-state index contributed by atoms with van der Waals surface area (Å²) >= 11 is 0. The molecule has 1 N–H and O–H groups in total. The summed E-state index contributed by atoms with van der Waals surface area (Å²) in [5.74, 6) is 0.336. The molecule has 0 spiro atoms. The SMILES string of the molecule is CCOP(=O)(OCC)[C@@]1(N[C@@H](C)c2ccccc2)C[C@@H]1CC. The van der Waals surface area contributed by atoms with Crippen molar-refractivity contribution < 1.29 is 13.6 Å². The Labute approximate surface area is 134 Å². The number of hydrogen-bond acceptors (Lipinski definition) is 4. The number of hydrogen-bond donors (Lipinski definition) is 1. The van der Waals surface area contributed by atoms with Gasteiger partial charge in [0.25, 0.3) is 0 Å². The number of benzene rings is 1. The minimum atomic E-state index is -3.17. The molecule has 4 nitrogen and oxygen atoms in total. The third-order valence-electron chi connectivity index (χ3n) is 4.42. The maximum absolute atomic E-state index is 13.3. The van der Waals surface area contributed by atoms with Gasteiger partial charge in [-0.25, -0.2) is 0 Å². The van der Waals surface area contributed by atoms with Crippen molar-refractivity contribution in [1.82, 2.24) is 5.32 Å². The predicted molar refractivity (Wildman–Crippen MR) is 90.0 cm³/mol. The van der Waals surface area contributed by atoms with Gasteiger partial charge in [-0.3, -0.25) is 9.88 Å². The molecule has 5 heteroatoms. The van der Waals surface area contributed by atoms with Gasteiger partial charge in [-0.05, 0) is 38.7 Å². The van der Waals surface area contributed by atoms with E-state index in [2.05, 4.69) is 31.3 Å². The van der Waals surface area contributed by atoms with Gasteiger partial charge < -0.3 is 9.05 Å². The lowest BCUT2D eigenvalue weighted by atomic mass is 10.1. The summed E-state index contributed by atoms with van der Waals surface area (Å²) in [6, 6.07) is 10.3. The van der Waals surface area contributed by atoms with E-state index in [0.717, 1.165) is 12.8 Å². The normalized spacial score (nSPS) is 25.9. The lowest BCUT2D eigenvalue weighted by Crippen LogP contribution is -2.37. The summed E-state index contributed by atoms with van der Waals surface area (Å²) < 4.78 is 24.6. The van der Waals surface area contributed by atoms with Crippen molar-refractivity contribution >= 4 is 7.60 Å². The van der Waals surface area contributed by atoms with E-state index in [9.17, 15) is 4.57 Å². The van der Waals surface area contributed by atoms with Gasteiger partial charge >= 0.3 is 7.60 Å². The van der Waals surface area contributed by atoms with Gasteiger partial charge in [0.1, 0.15) is 5.28 Å². The molecule has 0 aliphatic heterocycles. The zero-order chi connectivity index (χ0) is 16.2. The van der Waals surface area contributed by atoms with Crippen LogP contribution >= 0.6 is 7.60 Å². The zero-order valence-electron chi connectivity index (χ0n) is 14.0. The molecule has 0 heterocycles. The first-order chi connectivity index (χ1) is 10.5. The molecule has 124 valence electrons. The fraction of sp³-hybridized carbons (Fsp3) is 0.647. The summed E-state index contributed by atoms with van der Waals surface area (Å²) in [6.07, 6.45) is 1.82. The van der Waals surface area contributed by atoms with E-state index in [-0.39, 0.29) is 6.04 Å². The van der Waals surface area contributed by atoms with Crippen LogP contribution in [0.3, 0.4) is 0 Å².